The molecule has 1 aromatic rings. The molecule has 1 rings (SSSR count). The van der Waals surface area contributed by atoms with Gasteiger partial charge in [0.1, 0.15) is 0 Å². The van der Waals surface area contributed by atoms with E-state index < -0.39 is 11.7 Å². The monoisotopic (exact) mass is 242 g/mol. The summed E-state index contributed by atoms with van der Waals surface area (Å²) in [5, 5.41) is 0. The van der Waals surface area contributed by atoms with Crippen LogP contribution in [-0.2, 0) is 17.4 Å². The summed E-state index contributed by atoms with van der Waals surface area (Å²) in [4.78, 5) is 11.4. The molecule has 0 aromatic heterocycles. The summed E-state index contributed by atoms with van der Waals surface area (Å²) in [6.07, 6.45) is -0.538. The van der Waals surface area contributed by atoms with Gasteiger partial charge in [-0.1, -0.05) is 31.2 Å². The summed E-state index contributed by atoms with van der Waals surface area (Å²) in [6, 6.07) is 4.84. The van der Waals surface area contributed by atoms with E-state index in [4.69, 9.17) is 0 Å². The first kappa shape index (κ1) is 13.5. The molecule has 0 atom stereocenters. The fourth-order valence-corrected chi connectivity index (χ4v) is 1.37. The maximum Gasteiger partial charge on any atom is 0.416 e. The van der Waals surface area contributed by atoms with Crippen molar-refractivity contribution in [2.24, 2.45) is 0 Å². The lowest BCUT2D eigenvalue weighted by molar-refractivity contribution is -0.137. The highest BCUT2D eigenvalue weighted by molar-refractivity contribution is 5.91. The Morgan fingerprint density at radius 2 is 2.06 bits per heavy atom. The van der Waals surface area contributed by atoms with E-state index in [1.54, 1.807) is 6.08 Å². The van der Waals surface area contributed by atoms with Crippen molar-refractivity contribution in [3.05, 3.63) is 47.5 Å². The third-order valence-electron chi connectivity index (χ3n) is 2.17. The second-order valence-corrected chi connectivity index (χ2v) is 3.65. The number of alkyl halides is 3. The van der Waals surface area contributed by atoms with E-state index in [1.807, 2.05) is 6.92 Å². The van der Waals surface area contributed by atoms with Crippen molar-refractivity contribution in [2.75, 3.05) is 0 Å². The van der Waals surface area contributed by atoms with Gasteiger partial charge in [-0.25, -0.2) is 0 Å². The quantitative estimate of drug-likeness (QED) is 0.734. The van der Waals surface area contributed by atoms with Crippen LogP contribution >= 0.6 is 0 Å². The van der Waals surface area contributed by atoms with Gasteiger partial charge in [-0.15, -0.1) is 0 Å². The normalized spacial score (nSPS) is 12.0. The SMILES string of the molecule is CC/C=C/C(=O)Cc1cccc(C(F)(F)F)c1. The van der Waals surface area contributed by atoms with Gasteiger partial charge in [-0.3, -0.25) is 4.79 Å². The fourth-order valence-electron chi connectivity index (χ4n) is 1.37. The van der Waals surface area contributed by atoms with Crippen LogP contribution in [0.3, 0.4) is 0 Å². The Morgan fingerprint density at radius 1 is 1.35 bits per heavy atom. The van der Waals surface area contributed by atoms with Crippen molar-refractivity contribution >= 4 is 5.78 Å². The Hall–Kier alpha value is -1.58. The molecule has 0 aliphatic carbocycles. The smallest absolute Gasteiger partial charge is 0.294 e. The van der Waals surface area contributed by atoms with Gasteiger partial charge in [0.05, 0.1) is 5.56 Å². The van der Waals surface area contributed by atoms with Crippen molar-refractivity contribution in [1.29, 1.82) is 0 Å². The van der Waals surface area contributed by atoms with E-state index in [2.05, 4.69) is 0 Å². The first-order valence-electron chi connectivity index (χ1n) is 5.29. The van der Waals surface area contributed by atoms with Crippen LogP contribution in [0.4, 0.5) is 13.2 Å². The first-order chi connectivity index (χ1) is 7.93. The number of allylic oxidation sites excluding steroid dienone is 2. The number of carbonyl (C=O) groups is 1. The predicted molar refractivity (Wildman–Crippen MR) is 59.6 cm³/mol. The highest BCUT2D eigenvalue weighted by atomic mass is 19.4. The van der Waals surface area contributed by atoms with Gasteiger partial charge in [-0.2, -0.15) is 13.2 Å². The van der Waals surface area contributed by atoms with Crippen LogP contribution in [0.25, 0.3) is 0 Å². The lowest BCUT2D eigenvalue weighted by Crippen LogP contribution is -2.06. The Bertz CT molecular complexity index is 419. The lowest BCUT2D eigenvalue weighted by Gasteiger charge is -2.07. The van der Waals surface area contributed by atoms with E-state index in [0.717, 1.165) is 18.6 Å². The van der Waals surface area contributed by atoms with Crippen molar-refractivity contribution in [3.63, 3.8) is 0 Å². The van der Waals surface area contributed by atoms with Crippen LogP contribution < -0.4 is 0 Å². The van der Waals surface area contributed by atoms with Gasteiger partial charge >= 0.3 is 6.18 Å². The molecular weight excluding hydrogens is 229 g/mol. The molecule has 0 unspecified atom stereocenters. The van der Waals surface area contributed by atoms with Crippen molar-refractivity contribution in [2.45, 2.75) is 25.9 Å². The van der Waals surface area contributed by atoms with Gasteiger partial charge in [0.15, 0.2) is 5.78 Å². The zero-order valence-electron chi connectivity index (χ0n) is 9.42. The number of hydrogen-bond acceptors (Lipinski definition) is 1. The minimum Gasteiger partial charge on any atom is -0.294 e. The second-order valence-electron chi connectivity index (χ2n) is 3.65. The minimum atomic E-state index is -4.36. The van der Waals surface area contributed by atoms with Crippen LogP contribution in [0.15, 0.2) is 36.4 Å². The summed E-state index contributed by atoms with van der Waals surface area (Å²) in [5.74, 6) is -0.189. The van der Waals surface area contributed by atoms with Crippen LogP contribution in [0, 0.1) is 0 Å². The van der Waals surface area contributed by atoms with Gasteiger partial charge in [0.25, 0.3) is 0 Å². The maximum absolute atomic E-state index is 12.4. The first-order valence-corrected chi connectivity index (χ1v) is 5.29. The zero-order valence-corrected chi connectivity index (χ0v) is 9.42. The molecule has 92 valence electrons. The molecule has 0 saturated carbocycles. The van der Waals surface area contributed by atoms with Crippen LogP contribution in [0.1, 0.15) is 24.5 Å². The van der Waals surface area contributed by atoms with Crippen LogP contribution in [-0.4, -0.2) is 5.78 Å². The summed E-state index contributed by atoms with van der Waals surface area (Å²) < 4.78 is 37.2. The van der Waals surface area contributed by atoms with E-state index in [9.17, 15) is 18.0 Å². The Labute approximate surface area is 98.0 Å². The van der Waals surface area contributed by atoms with Gasteiger partial charge in [0.2, 0.25) is 0 Å². The molecule has 0 radical (unpaired) electrons. The molecule has 1 nitrogen and oxygen atoms in total. The summed E-state index contributed by atoms with van der Waals surface area (Å²) in [5.41, 5.74) is -0.340. The minimum absolute atomic E-state index is 0.000417. The molecule has 0 bridgehead atoms. The van der Waals surface area contributed by atoms with E-state index in [1.165, 1.54) is 18.2 Å². The van der Waals surface area contributed by atoms with Crippen LogP contribution in [0.2, 0.25) is 0 Å². The van der Waals surface area contributed by atoms with Gasteiger partial charge in [0, 0.05) is 6.42 Å². The molecule has 17 heavy (non-hydrogen) atoms. The molecule has 0 spiro atoms. The highest BCUT2D eigenvalue weighted by Crippen LogP contribution is 2.29. The molecule has 0 N–H and O–H groups in total. The number of rotatable bonds is 4. The van der Waals surface area contributed by atoms with E-state index in [0.29, 0.717) is 5.56 Å². The number of carbonyl (C=O) groups excluding carboxylic acids is 1. The van der Waals surface area contributed by atoms with Crippen molar-refractivity contribution < 1.29 is 18.0 Å². The molecule has 0 amide bonds. The van der Waals surface area contributed by atoms with E-state index >= 15 is 0 Å². The number of benzene rings is 1. The molecular formula is C13H13F3O. The van der Waals surface area contributed by atoms with Crippen molar-refractivity contribution in [1.82, 2.24) is 0 Å². The second kappa shape index (κ2) is 5.66. The third-order valence-corrected chi connectivity index (χ3v) is 2.17. The summed E-state index contributed by atoms with van der Waals surface area (Å²) in [7, 11) is 0. The largest absolute Gasteiger partial charge is 0.416 e. The molecule has 4 heteroatoms. The molecule has 0 heterocycles. The zero-order chi connectivity index (χ0) is 12.9. The number of hydrogen-bond donors (Lipinski definition) is 0. The number of ketones is 1. The number of halogens is 3. The average molecular weight is 242 g/mol. The van der Waals surface area contributed by atoms with Crippen molar-refractivity contribution in [3.8, 4) is 0 Å². The standard InChI is InChI=1S/C13H13F3O/c1-2-3-7-12(17)9-10-5-4-6-11(8-10)13(14,15)16/h3-8H,2,9H2,1H3/b7-3+. The topological polar surface area (TPSA) is 17.1 Å². The van der Waals surface area contributed by atoms with Crippen LogP contribution in [0.5, 0.6) is 0 Å². The summed E-state index contributed by atoms with van der Waals surface area (Å²) in [6.45, 7) is 1.88. The maximum atomic E-state index is 12.4. The molecule has 0 aliphatic heterocycles. The van der Waals surface area contributed by atoms with Gasteiger partial charge < -0.3 is 0 Å². The predicted octanol–water partition coefficient (Wildman–Crippen LogP) is 3.78. The Morgan fingerprint density at radius 3 is 2.65 bits per heavy atom. The highest BCUT2D eigenvalue weighted by Gasteiger charge is 2.30. The molecule has 0 aliphatic rings. The fraction of sp³-hybridized carbons (Fsp3) is 0.308. The Kier molecular flexibility index (Phi) is 4.49. The molecule has 1 aromatic carbocycles. The molecule has 0 fully saturated rings. The summed E-state index contributed by atoms with van der Waals surface area (Å²) >= 11 is 0. The van der Waals surface area contributed by atoms with E-state index in [-0.39, 0.29) is 12.2 Å². The third kappa shape index (κ3) is 4.43. The lowest BCUT2D eigenvalue weighted by atomic mass is 10.1. The average Bonchev–Trinajstić information content (AvgIpc) is 2.25. The van der Waals surface area contributed by atoms with Gasteiger partial charge in [-0.05, 0) is 24.1 Å². The Balaban J connectivity index is 2.79. The molecule has 0 saturated heterocycles.